The first-order valence-electron chi connectivity index (χ1n) is 7.87. The normalized spacial score (nSPS) is 10.9. The fourth-order valence-corrected chi connectivity index (χ4v) is 2.75. The Balaban J connectivity index is 1.91. The van der Waals surface area contributed by atoms with Crippen molar-refractivity contribution in [3.8, 4) is 0 Å². The maximum Gasteiger partial charge on any atom is 0.338 e. The molecule has 27 heavy (non-hydrogen) atoms. The summed E-state index contributed by atoms with van der Waals surface area (Å²) in [6.45, 7) is -0.231. The van der Waals surface area contributed by atoms with Crippen molar-refractivity contribution in [2.75, 3.05) is 24.6 Å². The molecule has 0 unspecified atom stereocenters. The lowest BCUT2D eigenvalue weighted by atomic mass is 10.2. The summed E-state index contributed by atoms with van der Waals surface area (Å²) >= 11 is 0. The molecule has 0 fully saturated rings. The van der Waals surface area contributed by atoms with Crippen LogP contribution in [-0.4, -0.2) is 45.1 Å². The van der Waals surface area contributed by atoms with Gasteiger partial charge < -0.3 is 9.64 Å². The van der Waals surface area contributed by atoms with Gasteiger partial charge in [-0.25, -0.2) is 17.6 Å². The molecule has 0 saturated heterocycles. The molecule has 1 N–H and O–H groups in total. The Labute approximate surface area is 156 Å². The van der Waals surface area contributed by atoms with Gasteiger partial charge in [-0.3, -0.25) is 9.52 Å². The molecule has 9 heteroatoms. The molecule has 0 bridgehead atoms. The van der Waals surface area contributed by atoms with Crippen molar-refractivity contribution in [2.45, 2.75) is 6.54 Å². The quantitative estimate of drug-likeness (QED) is 0.725. The van der Waals surface area contributed by atoms with Crippen molar-refractivity contribution in [1.82, 2.24) is 4.90 Å². The molecule has 0 radical (unpaired) electrons. The summed E-state index contributed by atoms with van der Waals surface area (Å²) in [6.07, 6.45) is 0.994. The molecule has 7 nitrogen and oxygen atoms in total. The number of rotatable bonds is 7. The molecule has 0 aliphatic rings. The number of sulfonamides is 1. The van der Waals surface area contributed by atoms with Gasteiger partial charge in [-0.1, -0.05) is 18.2 Å². The fourth-order valence-electron chi connectivity index (χ4n) is 2.20. The van der Waals surface area contributed by atoms with Crippen LogP contribution in [0.5, 0.6) is 0 Å². The molecule has 2 aromatic rings. The van der Waals surface area contributed by atoms with Crippen LogP contribution in [0, 0.1) is 5.82 Å². The van der Waals surface area contributed by atoms with E-state index in [1.807, 2.05) is 0 Å². The maximum absolute atomic E-state index is 12.9. The molecule has 0 spiro atoms. The first kappa shape index (κ1) is 20.4. The van der Waals surface area contributed by atoms with E-state index in [2.05, 4.69) is 4.72 Å². The SMILES string of the molecule is CN(Cc1ccc(F)cc1)C(=O)COC(=O)c1cccc(NS(C)(=O)=O)c1. The van der Waals surface area contributed by atoms with E-state index >= 15 is 0 Å². The molecule has 0 saturated carbocycles. The first-order valence-corrected chi connectivity index (χ1v) is 9.76. The number of ether oxygens (including phenoxy) is 1. The average molecular weight is 394 g/mol. The zero-order valence-electron chi connectivity index (χ0n) is 14.8. The van der Waals surface area contributed by atoms with Crippen LogP contribution < -0.4 is 4.72 Å². The van der Waals surface area contributed by atoms with Crippen molar-refractivity contribution in [1.29, 1.82) is 0 Å². The lowest BCUT2D eigenvalue weighted by molar-refractivity contribution is -0.133. The zero-order valence-corrected chi connectivity index (χ0v) is 15.6. The second-order valence-corrected chi connectivity index (χ2v) is 7.66. The average Bonchev–Trinajstić information content (AvgIpc) is 2.60. The first-order chi connectivity index (χ1) is 12.6. The highest BCUT2D eigenvalue weighted by Gasteiger charge is 2.15. The third kappa shape index (κ3) is 6.70. The molecule has 0 atom stereocenters. The van der Waals surface area contributed by atoms with Gasteiger partial charge in [0.15, 0.2) is 6.61 Å². The van der Waals surface area contributed by atoms with Crippen LogP contribution in [0.1, 0.15) is 15.9 Å². The predicted octanol–water partition coefficient (Wildman–Crippen LogP) is 2.01. The van der Waals surface area contributed by atoms with E-state index in [0.717, 1.165) is 11.8 Å². The van der Waals surface area contributed by atoms with Gasteiger partial charge in [0, 0.05) is 19.3 Å². The lowest BCUT2D eigenvalue weighted by Gasteiger charge is -2.17. The monoisotopic (exact) mass is 394 g/mol. The van der Waals surface area contributed by atoms with Crippen LogP contribution >= 0.6 is 0 Å². The predicted molar refractivity (Wildman–Crippen MR) is 98.1 cm³/mol. The van der Waals surface area contributed by atoms with Gasteiger partial charge in [-0.05, 0) is 35.9 Å². The number of hydrogen-bond acceptors (Lipinski definition) is 5. The van der Waals surface area contributed by atoms with E-state index in [4.69, 9.17) is 4.74 Å². The van der Waals surface area contributed by atoms with Crippen molar-refractivity contribution >= 4 is 27.6 Å². The third-order valence-corrected chi connectivity index (χ3v) is 4.09. The number of anilines is 1. The zero-order chi connectivity index (χ0) is 20.0. The molecule has 0 aromatic heterocycles. The minimum Gasteiger partial charge on any atom is -0.452 e. The number of nitrogens with one attached hydrogen (secondary N) is 1. The minimum atomic E-state index is -3.48. The third-order valence-electron chi connectivity index (χ3n) is 3.49. The van der Waals surface area contributed by atoms with Crippen LogP contribution in [0.3, 0.4) is 0 Å². The van der Waals surface area contributed by atoms with Gasteiger partial charge in [-0.2, -0.15) is 0 Å². The number of halogens is 1. The lowest BCUT2D eigenvalue weighted by Crippen LogP contribution is -2.30. The van der Waals surface area contributed by atoms with Crippen LogP contribution in [0.15, 0.2) is 48.5 Å². The van der Waals surface area contributed by atoms with Crippen molar-refractivity contribution in [3.05, 3.63) is 65.5 Å². The number of hydrogen-bond donors (Lipinski definition) is 1. The summed E-state index contributed by atoms with van der Waals surface area (Å²) in [4.78, 5) is 25.5. The molecular weight excluding hydrogens is 375 g/mol. The highest BCUT2D eigenvalue weighted by atomic mass is 32.2. The number of carbonyl (C=O) groups is 2. The minimum absolute atomic E-state index is 0.109. The van der Waals surface area contributed by atoms with E-state index in [9.17, 15) is 22.4 Å². The number of benzene rings is 2. The Morgan fingerprint density at radius 3 is 2.44 bits per heavy atom. The summed E-state index contributed by atoms with van der Waals surface area (Å²) < 4.78 is 42.6. The van der Waals surface area contributed by atoms with Crippen LogP contribution in [0.2, 0.25) is 0 Å². The largest absolute Gasteiger partial charge is 0.452 e. The van der Waals surface area contributed by atoms with E-state index in [0.29, 0.717) is 0 Å². The van der Waals surface area contributed by atoms with E-state index in [1.54, 1.807) is 12.1 Å². The van der Waals surface area contributed by atoms with Crippen LogP contribution in [-0.2, 0) is 26.1 Å². The van der Waals surface area contributed by atoms with Crippen LogP contribution in [0.4, 0.5) is 10.1 Å². The Kier molecular flexibility index (Phi) is 6.51. The second kappa shape index (κ2) is 8.63. The summed E-state index contributed by atoms with van der Waals surface area (Å²) in [6, 6.07) is 11.5. The standard InChI is InChI=1S/C18H19FN2O5S/c1-21(11-13-6-8-15(19)9-7-13)17(22)12-26-18(23)14-4-3-5-16(10-14)20-27(2,24)25/h3-10,20H,11-12H2,1-2H3. The number of carbonyl (C=O) groups excluding carboxylic acids is 2. The van der Waals surface area contributed by atoms with E-state index < -0.39 is 28.5 Å². The maximum atomic E-state index is 12.9. The summed E-state index contributed by atoms with van der Waals surface area (Å²) in [5.74, 6) is -1.55. The number of nitrogens with zero attached hydrogens (tertiary/aromatic N) is 1. The molecule has 0 aliphatic heterocycles. The Bertz CT molecular complexity index is 929. The Morgan fingerprint density at radius 1 is 1.15 bits per heavy atom. The molecule has 2 aromatic carbocycles. The summed E-state index contributed by atoms with van der Waals surface area (Å²) in [7, 11) is -1.94. The van der Waals surface area contributed by atoms with Crippen molar-refractivity contribution in [3.63, 3.8) is 0 Å². The van der Waals surface area contributed by atoms with E-state index in [-0.39, 0.29) is 23.6 Å². The number of amides is 1. The second-order valence-electron chi connectivity index (χ2n) is 5.91. The van der Waals surface area contributed by atoms with Crippen molar-refractivity contribution < 1.29 is 27.1 Å². The molecular formula is C18H19FN2O5S. The Morgan fingerprint density at radius 2 is 1.81 bits per heavy atom. The highest BCUT2D eigenvalue weighted by molar-refractivity contribution is 7.92. The Hall–Kier alpha value is -2.94. The molecule has 1 amide bonds. The van der Waals surface area contributed by atoms with Crippen LogP contribution in [0.25, 0.3) is 0 Å². The summed E-state index contributed by atoms with van der Waals surface area (Å²) in [5.41, 5.74) is 1.06. The van der Waals surface area contributed by atoms with Gasteiger partial charge in [0.1, 0.15) is 5.82 Å². The van der Waals surface area contributed by atoms with E-state index in [1.165, 1.54) is 48.3 Å². The molecule has 0 aliphatic carbocycles. The van der Waals surface area contributed by atoms with Gasteiger partial charge >= 0.3 is 5.97 Å². The van der Waals surface area contributed by atoms with Crippen molar-refractivity contribution in [2.24, 2.45) is 0 Å². The highest BCUT2D eigenvalue weighted by Crippen LogP contribution is 2.13. The van der Waals surface area contributed by atoms with Gasteiger partial charge in [-0.15, -0.1) is 0 Å². The number of likely N-dealkylation sites (N-methyl/N-ethyl adjacent to an activating group) is 1. The topological polar surface area (TPSA) is 92.8 Å². The molecule has 144 valence electrons. The number of esters is 1. The van der Waals surface area contributed by atoms with Gasteiger partial charge in [0.05, 0.1) is 11.8 Å². The molecule has 0 heterocycles. The van der Waals surface area contributed by atoms with Gasteiger partial charge in [0.2, 0.25) is 10.0 Å². The smallest absolute Gasteiger partial charge is 0.338 e. The van der Waals surface area contributed by atoms with Gasteiger partial charge in [0.25, 0.3) is 5.91 Å². The summed E-state index contributed by atoms with van der Waals surface area (Å²) in [5, 5.41) is 0. The molecule has 2 rings (SSSR count). The fraction of sp³-hybridized carbons (Fsp3) is 0.222.